The van der Waals surface area contributed by atoms with Crippen LogP contribution in [0.3, 0.4) is 0 Å². The molecule has 2 heterocycles. The number of para-hydroxylation sites is 1. The summed E-state index contributed by atoms with van der Waals surface area (Å²) in [4.78, 5) is 9.82. The summed E-state index contributed by atoms with van der Waals surface area (Å²) >= 11 is 0. The highest BCUT2D eigenvalue weighted by atomic mass is 16.7. The van der Waals surface area contributed by atoms with Crippen molar-refractivity contribution in [3.63, 3.8) is 0 Å². The predicted octanol–water partition coefficient (Wildman–Crippen LogP) is 0.760. The van der Waals surface area contributed by atoms with Crippen LogP contribution < -0.4 is 10.2 Å². The van der Waals surface area contributed by atoms with Crippen LogP contribution in [-0.4, -0.2) is 54.2 Å². The standard InChI is InChI=1S/C14H20N4O/c1-2-5-14-13(4-1)12-16-18(14)19-11-3-8-17-9-6-15-7-10-17/h1-2,4-5,12,15H,3,6-11H2. The van der Waals surface area contributed by atoms with Crippen molar-refractivity contribution in [2.45, 2.75) is 6.42 Å². The Hall–Kier alpha value is -1.59. The number of piperazine rings is 1. The van der Waals surface area contributed by atoms with E-state index in [-0.39, 0.29) is 0 Å². The van der Waals surface area contributed by atoms with E-state index in [0.29, 0.717) is 6.61 Å². The van der Waals surface area contributed by atoms with Crippen molar-refractivity contribution in [1.82, 2.24) is 20.2 Å². The largest absolute Gasteiger partial charge is 0.396 e. The van der Waals surface area contributed by atoms with E-state index < -0.39 is 0 Å². The lowest BCUT2D eigenvalue weighted by Gasteiger charge is -2.26. The molecule has 0 atom stereocenters. The topological polar surface area (TPSA) is 42.3 Å². The van der Waals surface area contributed by atoms with Crippen LogP contribution in [0, 0.1) is 0 Å². The average molecular weight is 260 g/mol. The number of hydrogen-bond donors (Lipinski definition) is 1. The smallest absolute Gasteiger partial charge is 0.118 e. The Bertz CT molecular complexity index is 519. The molecule has 0 unspecified atom stereocenters. The van der Waals surface area contributed by atoms with E-state index in [0.717, 1.165) is 50.0 Å². The molecule has 102 valence electrons. The van der Waals surface area contributed by atoms with E-state index in [1.54, 1.807) is 4.85 Å². The number of nitrogens with zero attached hydrogens (tertiary/aromatic N) is 3. The first-order chi connectivity index (χ1) is 9.43. The monoisotopic (exact) mass is 260 g/mol. The van der Waals surface area contributed by atoms with Crippen molar-refractivity contribution in [3.05, 3.63) is 30.5 Å². The second kappa shape index (κ2) is 6.04. The Morgan fingerprint density at radius 2 is 2.05 bits per heavy atom. The lowest BCUT2D eigenvalue weighted by molar-refractivity contribution is 0.0820. The molecule has 0 aliphatic carbocycles. The molecule has 2 aromatic rings. The van der Waals surface area contributed by atoms with Crippen molar-refractivity contribution >= 4 is 10.9 Å². The van der Waals surface area contributed by atoms with E-state index in [1.165, 1.54) is 0 Å². The minimum atomic E-state index is 0.704. The molecular formula is C14H20N4O. The number of nitrogens with one attached hydrogen (secondary N) is 1. The molecule has 0 bridgehead atoms. The van der Waals surface area contributed by atoms with E-state index in [1.807, 2.05) is 30.5 Å². The quantitative estimate of drug-likeness (QED) is 0.806. The van der Waals surface area contributed by atoms with Gasteiger partial charge in [0.05, 0.1) is 6.20 Å². The van der Waals surface area contributed by atoms with Crippen molar-refractivity contribution in [2.24, 2.45) is 0 Å². The van der Waals surface area contributed by atoms with Gasteiger partial charge in [0, 0.05) is 38.1 Å². The highest BCUT2D eigenvalue weighted by molar-refractivity contribution is 5.77. The number of aromatic nitrogens is 2. The Balaban J connectivity index is 1.47. The summed E-state index contributed by atoms with van der Waals surface area (Å²) in [6.07, 6.45) is 2.87. The molecule has 1 N–H and O–H groups in total. The summed E-state index contributed by atoms with van der Waals surface area (Å²) in [5.74, 6) is 0. The summed E-state index contributed by atoms with van der Waals surface area (Å²) in [5, 5.41) is 8.73. The third-order valence-corrected chi connectivity index (χ3v) is 3.49. The maximum absolute atomic E-state index is 5.71. The maximum atomic E-state index is 5.71. The van der Waals surface area contributed by atoms with Gasteiger partial charge in [0.2, 0.25) is 0 Å². The fourth-order valence-corrected chi connectivity index (χ4v) is 2.42. The Kier molecular flexibility index (Phi) is 3.95. The van der Waals surface area contributed by atoms with E-state index in [4.69, 9.17) is 4.84 Å². The summed E-state index contributed by atoms with van der Waals surface area (Å²) in [6.45, 7) is 6.29. The minimum absolute atomic E-state index is 0.704. The van der Waals surface area contributed by atoms with Crippen molar-refractivity contribution in [3.8, 4) is 0 Å². The van der Waals surface area contributed by atoms with Gasteiger partial charge in [-0.05, 0) is 12.5 Å². The first-order valence-corrected chi connectivity index (χ1v) is 6.92. The molecule has 5 nitrogen and oxygen atoms in total. The number of hydrogen-bond acceptors (Lipinski definition) is 4. The molecule has 1 fully saturated rings. The summed E-state index contributed by atoms with van der Waals surface area (Å²) in [5.41, 5.74) is 1.03. The molecule has 1 aliphatic heterocycles. The Morgan fingerprint density at radius 1 is 1.21 bits per heavy atom. The first kappa shape index (κ1) is 12.4. The molecule has 0 amide bonds. The number of rotatable bonds is 5. The van der Waals surface area contributed by atoms with Gasteiger partial charge < -0.3 is 15.1 Å². The number of benzene rings is 1. The van der Waals surface area contributed by atoms with Gasteiger partial charge in [-0.25, -0.2) is 0 Å². The molecule has 0 saturated carbocycles. The molecule has 0 radical (unpaired) electrons. The van der Waals surface area contributed by atoms with Crippen LogP contribution in [0.15, 0.2) is 30.5 Å². The molecule has 1 aliphatic rings. The van der Waals surface area contributed by atoms with Gasteiger partial charge in [-0.15, -0.1) is 5.10 Å². The fourth-order valence-electron chi connectivity index (χ4n) is 2.42. The van der Waals surface area contributed by atoms with Crippen LogP contribution in [-0.2, 0) is 0 Å². The zero-order valence-corrected chi connectivity index (χ0v) is 11.1. The Labute approximate surface area is 113 Å². The molecule has 1 aromatic heterocycles. The molecule has 19 heavy (non-hydrogen) atoms. The third kappa shape index (κ3) is 3.05. The average Bonchev–Trinajstić information content (AvgIpc) is 2.88. The van der Waals surface area contributed by atoms with Crippen LogP contribution in [0.2, 0.25) is 0 Å². The van der Waals surface area contributed by atoms with Gasteiger partial charge in [0.15, 0.2) is 0 Å². The van der Waals surface area contributed by atoms with E-state index >= 15 is 0 Å². The molecule has 5 heteroatoms. The second-order valence-corrected chi connectivity index (χ2v) is 4.85. The predicted molar refractivity (Wildman–Crippen MR) is 75.1 cm³/mol. The van der Waals surface area contributed by atoms with Crippen LogP contribution >= 0.6 is 0 Å². The lowest BCUT2D eigenvalue weighted by Crippen LogP contribution is -2.44. The SMILES string of the molecule is c1ccc2c(c1)cnn2OCCCN1CCNCC1. The van der Waals surface area contributed by atoms with Crippen LogP contribution in [0.1, 0.15) is 6.42 Å². The summed E-state index contributed by atoms with van der Waals surface area (Å²) < 4.78 is 0. The minimum Gasteiger partial charge on any atom is -0.396 e. The van der Waals surface area contributed by atoms with Crippen molar-refractivity contribution in [1.29, 1.82) is 0 Å². The van der Waals surface area contributed by atoms with Gasteiger partial charge in [-0.1, -0.05) is 23.0 Å². The third-order valence-electron chi connectivity index (χ3n) is 3.49. The molecule has 1 saturated heterocycles. The van der Waals surface area contributed by atoms with E-state index in [9.17, 15) is 0 Å². The zero-order valence-electron chi connectivity index (χ0n) is 11.1. The highest BCUT2D eigenvalue weighted by Crippen LogP contribution is 2.11. The van der Waals surface area contributed by atoms with Gasteiger partial charge in [-0.3, -0.25) is 0 Å². The Morgan fingerprint density at radius 3 is 2.95 bits per heavy atom. The summed E-state index contributed by atoms with van der Waals surface area (Å²) in [6, 6.07) is 8.09. The summed E-state index contributed by atoms with van der Waals surface area (Å²) in [7, 11) is 0. The normalized spacial score (nSPS) is 16.8. The van der Waals surface area contributed by atoms with Gasteiger partial charge in [-0.2, -0.15) is 0 Å². The van der Waals surface area contributed by atoms with E-state index in [2.05, 4.69) is 15.3 Å². The molecule has 1 aromatic carbocycles. The second-order valence-electron chi connectivity index (χ2n) is 4.85. The van der Waals surface area contributed by atoms with Crippen LogP contribution in [0.5, 0.6) is 0 Å². The highest BCUT2D eigenvalue weighted by Gasteiger charge is 2.08. The lowest BCUT2D eigenvalue weighted by atomic mass is 10.3. The van der Waals surface area contributed by atoms with Crippen molar-refractivity contribution in [2.75, 3.05) is 39.3 Å². The maximum Gasteiger partial charge on any atom is 0.118 e. The van der Waals surface area contributed by atoms with Gasteiger partial charge in [0.1, 0.15) is 12.1 Å². The molecule has 3 rings (SSSR count). The van der Waals surface area contributed by atoms with Crippen LogP contribution in [0.25, 0.3) is 10.9 Å². The first-order valence-electron chi connectivity index (χ1n) is 6.92. The van der Waals surface area contributed by atoms with Gasteiger partial charge >= 0.3 is 0 Å². The molecular weight excluding hydrogens is 240 g/mol. The number of fused-ring (bicyclic) bond motifs is 1. The van der Waals surface area contributed by atoms with Gasteiger partial charge in [0.25, 0.3) is 0 Å². The van der Waals surface area contributed by atoms with Crippen molar-refractivity contribution < 1.29 is 4.84 Å². The van der Waals surface area contributed by atoms with Crippen LogP contribution in [0.4, 0.5) is 0 Å². The molecule has 0 spiro atoms. The zero-order chi connectivity index (χ0) is 12.9. The fraction of sp³-hybridized carbons (Fsp3) is 0.500.